The van der Waals surface area contributed by atoms with Crippen LogP contribution in [0.2, 0.25) is 0 Å². The van der Waals surface area contributed by atoms with E-state index in [2.05, 4.69) is 4.90 Å². The average molecular weight is 228 g/mol. The second-order valence-electron chi connectivity index (χ2n) is 5.59. The summed E-state index contributed by atoms with van der Waals surface area (Å²) in [6, 6.07) is 10.1. The third-order valence-electron chi connectivity index (χ3n) is 4.47. The second-order valence-corrected chi connectivity index (χ2v) is 5.59. The quantitative estimate of drug-likeness (QED) is 0.579. The van der Waals surface area contributed by atoms with Crippen LogP contribution < -0.4 is 0 Å². The summed E-state index contributed by atoms with van der Waals surface area (Å²) in [5.74, 6) is 0.717. The zero-order chi connectivity index (χ0) is 11.7. The zero-order valence-electron chi connectivity index (χ0n) is 10.3. The highest BCUT2D eigenvalue weighted by Gasteiger charge is 2.40. The molecule has 0 unspecified atom stereocenters. The molecule has 1 aliphatic carbocycles. The van der Waals surface area contributed by atoms with Crippen molar-refractivity contribution in [2.75, 3.05) is 13.1 Å². The first-order valence-electron chi connectivity index (χ1n) is 6.68. The number of nitrogens with zero attached hydrogens (tertiary/aromatic N) is 1. The van der Waals surface area contributed by atoms with Crippen LogP contribution in [0.3, 0.4) is 0 Å². The summed E-state index contributed by atoms with van der Waals surface area (Å²) in [6.45, 7) is 2.19. The standard InChI is InChI=1S/C15H20N2/c16-14(13-6-2-1-3-7-13)17-11-10-15(12-17)8-4-5-9-15/h1-3,6-7,16H,4-5,8-12H2. The molecule has 0 amide bonds. The molecule has 90 valence electrons. The second kappa shape index (κ2) is 4.17. The monoisotopic (exact) mass is 228 g/mol. The summed E-state index contributed by atoms with van der Waals surface area (Å²) in [6.07, 6.45) is 6.85. The summed E-state index contributed by atoms with van der Waals surface area (Å²) in [7, 11) is 0. The van der Waals surface area contributed by atoms with Gasteiger partial charge in [0, 0.05) is 18.7 Å². The molecule has 0 bridgehead atoms. The Kier molecular flexibility index (Phi) is 2.65. The molecule has 0 radical (unpaired) electrons. The third kappa shape index (κ3) is 1.97. The van der Waals surface area contributed by atoms with Crippen LogP contribution in [0.25, 0.3) is 0 Å². The number of hydrogen-bond acceptors (Lipinski definition) is 1. The van der Waals surface area contributed by atoms with Gasteiger partial charge in [-0.2, -0.15) is 0 Å². The number of hydrogen-bond donors (Lipinski definition) is 1. The van der Waals surface area contributed by atoms with Crippen molar-refractivity contribution in [1.29, 1.82) is 5.41 Å². The summed E-state index contributed by atoms with van der Waals surface area (Å²) in [5, 5.41) is 8.30. The molecule has 1 saturated carbocycles. The van der Waals surface area contributed by atoms with Crippen molar-refractivity contribution in [1.82, 2.24) is 4.90 Å². The van der Waals surface area contributed by atoms with Crippen molar-refractivity contribution in [2.24, 2.45) is 5.41 Å². The minimum absolute atomic E-state index is 0.557. The Morgan fingerprint density at radius 3 is 2.47 bits per heavy atom. The van der Waals surface area contributed by atoms with Crippen LogP contribution >= 0.6 is 0 Å². The lowest BCUT2D eigenvalue weighted by Gasteiger charge is -2.25. The van der Waals surface area contributed by atoms with Crippen LogP contribution in [0.4, 0.5) is 0 Å². The van der Waals surface area contributed by atoms with Crippen LogP contribution in [0.1, 0.15) is 37.7 Å². The van der Waals surface area contributed by atoms with Crippen LogP contribution in [-0.2, 0) is 0 Å². The molecule has 2 aliphatic rings. The van der Waals surface area contributed by atoms with Gasteiger partial charge in [0.05, 0.1) is 0 Å². The average Bonchev–Trinajstić information content (AvgIpc) is 3.01. The van der Waals surface area contributed by atoms with Gasteiger partial charge in [-0.05, 0) is 24.7 Å². The molecule has 17 heavy (non-hydrogen) atoms. The Balaban J connectivity index is 1.73. The van der Waals surface area contributed by atoms with Crippen LogP contribution in [-0.4, -0.2) is 23.8 Å². The highest BCUT2D eigenvalue weighted by molar-refractivity contribution is 5.96. The van der Waals surface area contributed by atoms with Gasteiger partial charge >= 0.3 is 0 Å². The number of benzene rings is 1. The highest BCUT2D eigenvalue weighted by atomic mass is 15.2. The van der Waals surface area contributed by atoms with E-state index in [1.807, 2.05) is 30.3 Å². The minimum Gasteiger partial charge on any atom is -0.356 e. The molecule has 3 rings (SSSR count). The van der Waals surface area contributed by atoms with E-state index in [0.717, 1.165) is 24.5 Å². The van der Waals surface area contributed by atoms with Crippen LogP contribution in [0.15, 0.2) is 30.3 Å². The van der Waals surface area contributed by atoms with Crippen molar-refractivity contribution in [3.63, 3.8) is 0 Å². The van der Waals surface area contributed by atoms with Crippen molar-refractivity contribution in [3.8, 4) is 0 Å². The lowest BCUT2D eigenvalue weighted by Crippen LogP contribution is -2.31. The molecule has 1 spiro atoms. The molecule has 2 heteroatoms. The predicted molar refractivity (Wildman–Crippen MR) is 70.4 cm³/mol. The molecule has 0 atom stereocenters. The molecular weight excluding hydrogens is 208 g/mol. The van der Waals surface area contributed by atoms with Gasteiger partial charge in [0.15, 0.2) is 0 Å². The summed E-state index contributed by atoms with van der Waals surface area (Å²) in [4.78, 5) is 2.28. The van der Waals surface area contributed by atoms with E-state index in [0.29, 0.717) is 5.41 Å². The lowest BCUT2D eigenvalue weighted by atomic mass is 9.86. The fourth-order valence-electron chi connectivity index (χ4n) is 3.44. The van der Waals surface area contributed by atoms with Gasteiger partial charge in [-0.25, -0.2) is 0 Å². The van der Waals surface area contributed by atoms with Gasteiger partial charge < -0.3 is 4.90 Å². The van der Waals surface area contributed by atoms with Gasteiger partial charge in [-0.3, -0.25) is 5.41 Å². The van der Waals surface area contributed by atoms with Gasteiger partial charge in [-0.1, -0.05) is 43.2 Å². The molecule has 1 aliphatic heterocycles. The van der Waals surface area contributed by atoms with Crippen molar-refractivity contribution in [2.45, 2.75) is 32.1 Å². The van der Waals surface area contributed by atoms with Gasteiger partial charge in [0.25, 0.3) is 0 Å². The third-order valence-corrected chi connectivity index (χ3v) is 4.47. The number of nitrogens with one attached hydrogen (secondary N) is 1. The van der Waals surface area contributed by atoms with Gasteiger partial charge in [0.1, 0.15) is 5.84 Å². The van der Waals surface area contributed by atoms with E-state index >= 15 is 0 Å². The number of amidine groups is 1. The fraction of sp³-hybridized carbons (Fsp3) is 0.533. The molecule has 2 nitrogen and oxygen atoms in total. The first kappa shape index (κ1) is 10.8. The molecule has 1 saturated heterocycles. The van der Waals surface area contributed by atoms with Crippen molar-refractivity contribution in [3.05, 3.63) is 35.9 Å². The molecular formula is C15H20N2. The number of rotatable bonds is 1. The fourth-order valence-corrected chi connectivity index (χ4v) is 3.44. The zero-order valence-corrected chi connectivity index (χ0v) is 10.3. The SMILES string of the molecule is N=C(c1ccccc1)N1CCC2(CCCC2)C1. The molecule has 2 fully saturated rings. The maximum absolute atomic E-state index is 8.30. The maximum Gasteiger partial charge on any atom is 0.128 e. The Morgan fingerprint density at radius 1 is 1.06 bits per heavy atom. The maximum atomic E-state index is 8.30. The van der Waals surface area contributed by atoms with E-state index in [4.69, 9.17) is 5.41 Å². The normalized spacial score (nSPS) is 22.2. The largest absolute Gasteiger partial charge is 0.356 e. The number of likely N-dealkylation sites (tertiary alicyclic amines) is 1. The summed E-state index contributed by atoms with van der Waals surface area (Å²) in [5.41, 5.74) is 1.61. The molecule has 0 aromatic heterocycles. The first-order chi connectivity index (χ1) is 8.29. The highest BCUT2D eigenvalue weighted by Crippen LogP contribution is 2.45. The minimum atomic E-state index is 0.557. The molecule has 1 aromatic rings. The van der Waals surface area contributed by atoms with E-state index < -0.39 is 0 Å². The Morgan fingerprint density at radius 2 is 1.76 bits per heavy atom. The first-order valence-corrected chi connectivity index (χ1v) is 6.68. The van der Waals surface area contributed by atoms with Gasteiger partial charge in [0.2, 0.25) is 0 Å². The van der Waals surface area contributed by atoms with Crippen LogP contribution in [0.5, 0.6) is 0 Å². The van der Waals surface area contributed by atoms with E-state index in [9.17, 15) is 0 Å². The Labute approximate surface area is 103 Å². The summed E-state index contributed by atoms with van der Waals surface area (Å²) >= 11 is 0. The van der Waals surface area contributed by atoms with E-state index in [1.54, 1.807) is 0 Å². The predicted octanol–water partition coefficient (Wildman–Crippen LogP) is 3.28. The Bertz CT molecular complexity index is 404. The lowest BCUT2D eigenvalue weighted by molar-refractivity contribution is 0.311. The smallest absolute Gasteiger partial charge is 0.128 e. The van der Waals surface area contributed by atoms with E-state index in [1.165, 1.54) is 32.1 Å². The molecule has 1 N–H and O–H groups in total. The Hall–Kier alpha value is -1.31. The molecule has 1 heterocycles. The summed E-state index contributed by atoms with van der Waals surface area (Å²) < 4.78 is 0. The van der Waals surface area contributed by atoms with Crippen LogP contribution in [0, 0.1) is 10.8 Å². The molecule has 1 aromatic carbocycles. The van der Waals surface area contributed by atoms with Crippen molar-refractivity contribution < 1.29 is 0 Å². The topological polar surface area (TPSA) is 27.1 Å². The van der Waals surface area contributed by atoms with Crippen molar-refractivity contribution >= 4 is 5.84 Å². The van der Waals surface area contributed by atoms with Gasteiger partial charge in [-0.15, -0.1) is 0 Å². The van der Waals surface area contributed by atoms with E-state index in [-0.39, 0.29) is 0 Å².